The Balaban J connectivity index is 0.000000810. The molecule has 1 rings (SSSR count). The van der Waals surface area contributed by atoms with E-state index in [0.29, 0.717) is 11.5 Å². The van der Waals surface area contributed by atoms with Gasteiger partial charge in [0.05, 0.1) is 5.69 Å². The lowest BCUT2D eigenvalue weighted by Crippen LogP contribution is -1.97. The third-order valence-corrected chi connectivity index (χ3v) is 1.10. The minimum absolute atomic E-state index is 0. The first-order valence-corrected chi connectivity index (χ1v) is 2.69. The van der Waals surface area contributed by atoms with Crippen LogP contribution in [0.3, 0.4) is 0 Å². The Morgan fingerprint density at radius 1 is 1.30 bits per heavy atom. The summed E-state index contributed by atoms with van der Waals surface area (Å²) in [5, 5.41) is 0. The van der Waals surface area contributed by atoms with Crippen molar-refractivity contribution in [2.45, 2.75) is 6.92 Å². The lowest BCUT2D eigenvalue weighted by Gasteiger charge is -1.97. The average molecular weight is 160 g/mol. The van der Waals surface area contributed by atoms with E-state index in [1.165, 1.54) is 0 Å². The summed E-state index contributed by atoms with van der Waals surface area (Å²) >= 11 is 0. The molecule has 0 aromatic carbocycles. The van der Waals surface area contributed by atoms with Crippen LogP contribution in [0.5, 0.6) is 0 Å². The molecule has 1 aromatic heterocycles. The van der Waals surface area contributed by atoms with Gasteiger partial charge in [-0.1, -0.05) is 0 Å². The van der Waals surface area contributed by atoms with Gasteiger partial charge in [-0.3, -0.25) is 0 Å². The van der Waals surface area contributed by atoms with Crippen LogP contribution in [0.1, 0.15) is 5.69 Å². The molecule has 4 heteroatoms. The monoisotopic (exact) mass is 159 g/mol. The van der Waals surface area contributed by atoms with Crippen LogP contribution >= 0.6 is 12.4 Å². The van der Waals surface area contributed by atoms with Crippen LogP contribution in [-0.2, 0) is 0 Å². The minimum atomic E-state index is 0. The number of rotatable bonds is 0. The molecule has 1 heterocycles. The maximum absolute atomic E-state index is 5.40. The van der Waals surface area contributed by atoms with E-state index >= 15 is 0 Å². The number of nitrogen functional groups attached to an aromatic ring is 2. The first-order chi connectivity index (χ1) is 4.20. The second-order valence-electron chi connectivity index (χ2n) is 1.93. The van der Waals surface area contributed by atoms with Crippen molar-refractivity contribution in [3.63, 3.8) is 0 Å². The van der Waals surface area contributed by atoms with Crippen molar-refractivity contribution in [3.8, 4) is 0 Å². The molecule has 0 bridgehead atoms. The number of aryl methyl sites for hydroxylation is 1. The van der Waals surface area contributed by atoms with E-state index in [9.17, 15) is 0 Å². The van der Waals surface area contributed by atoms with E-state index in [1.54, 1.807) is 6.07 Å². The Kier molecular flexibility index (Phi) is 2.96. The van der Waals surface area contributed by atoms with Crippen molar-refractivity contribution in [2.24, 2.45) is 0 Å². The Labute approximate surface area is 65.8 Å². The number of anilines is 2. The number of halogens is 1. The first kappa shape index (κ1) is 9.04. The minimum Gasteiger partial charge on any atom is -0.396 e. The van der Waals surface area contributed by atoms with Crippen LogP contribution in [0.4, 0.5) is 11.5 Å². The van der Waals surface area contributed by atoms with Gasteiger partial charge in [0.15, 0.2) is 0 Å². The highest BCUT2D eigenvalue weighted by atomic mass is 35.5. The van der Waals surface area contributed by atoms with Crippen molar-refractivity contribution >= 4 is 23.9 Å². The molecular formula is C6H10ClN3. The second-order valence-corrected chi connectivity index (χ2v) is 1.93. The third-order valence-electron chi connectivity index (χ3n) is 1.10. The molecule has 0 spiro atoms. The van der Waals surface area contributed by atoms with Gasteiger partial charge in [-0.05, 0) is 19.1 Å². The fourth-order valence-corrected chi connectivity index (χ4v) is 0.588. The maximum atomic E-state index is 5.40. The van der Waals surface area contributed by atoms with Gasteiger partial charge in [-0.25, -0.2) is 4.98 Å². The molecule has 4 N–H and O–H groups in total. The Hall–Kier alpha value is -0.960. The molecule has 0 atom stereocenters. The summed E-state index contributed by atoms with van der Waals surface area (Å²) in [5.74, 6) is 0.412. The quantitative estimate of drug-likeness (QED) is 0.593. The Morgan fingerprint density at radius 2 is 1.90 bits per heavy atom. The van der Waals surface area contributed by atoms with Crippen molar-refractivity contribution in [1.29, 1.82) is 0 Å². The van der Waals surface area contributed by atoms with E-state index in [0.717, 1.165) is 5.69 Å². The Morgan fingerprint density at radius 3 is 2.30 bits per heavy atom. The number of hydrogen-bond donors (Lipinski definition) is 2. The normalized spacial score (nSPS) is 8.50. The summed E-state index contributed by atoms with van der Waals surface area (Å²) in [6.45, 7) is 1.87. The molecule has 0 aliphatic heterocycles. The van der Waals surface area contributed by atoms with Gasteiger partial charge < -0.3 is 11.5 Å². The lowest BCUT2D eigenvalue weighted by atomic mass is 10.3. The molecule has 0 amide bonds. The van der Waals surface area contributed by atoms with Gasteiger partial charge in [0.1, 0.15) is 5.82 Å². The zero-order chi connectivity index (χ0) is 6.85. The van der Waals surface area contributed by atoms with Crippen molar-refractivity contribution < 1.29 is 0 Å². The summed E-state index contributed by atoms with van der Waals surface area (Å²) in [6, 6.07) is 3.57. The summed E-state index contributed by atoms with van der Waals surface area (Å²) < 4.78 is 0. The van der Waals surface area contributed by atoms with Crippen LogP contribution in [0.2, 0.25) is 0 Å². The highest BCUT2D eigenvalue weighted by molar-refractivity contribution is 5.85. The van der Waals surface area contributed by atoms with Crippen LogP contribution in [0.15, 0.2) is 12.1 Å². The predicted molar refractivity (Wildman–Crippen MR) is 45.0 cm³/mol. The van der Waals surface area contributed by atoms with Gasteiger partial charge >= 0.3 is 0 Å². The van der Waals surface area contributed by atoms with E-state index in [1.807, 2.05) is 13.0 Å². The molecule has 0 aliphatic rings. The SMILES string of the molecule is Cc1ccc(N)c(N)n1.Cl. The van der Waals surface area contributed by atoms with Gasteiger partial charge in [-0.15, -0.1) is 12.4 Å². The fraction of sp³-hybridized carbons (Fsp3) is 0.167. The van der Waals surface area contributed by atoms with Crippen molar-refractivity contribution in [3.05, 3.63) is 17.8 Å². The van der Waals surface area contributed by atoms with Gasteiger partial charge in [0.2, 0.25) is 0 Å². The molecule has 0 aliphatic carbocycles. The summed E-state index contributed by atoms with van der Waals surface area (Å²) in [6.07, 6.45) is 0. The molecule has 10 heavy (non-hydrogen) atoms. The summed E-state index contributed by atoms with van der Waals surface area (Å²) in [4.78, 5) is 3.93. The van der Waals surface area contributed by atoms with Crippen molar-refractivity contribution in [2.75, 3.05) is 11.5 Å². The number of nitrogens with zero attached hydrogens (tertiary/aromatic N) is 1. The summed E-state index contributed by atoms with van der Waals surface area (Å²) in [5.41, 5.74) is 12.2. The smallest absolute Gasteiger partial charge is 0.146 e. The lowest BCUT2D eigenvalue weighted by molar-refractivity contribution is 1.21. The summed E-state index contributed by atoms with van der Waals surface area (Å²) in [7, 11) is 0. The zero-order valence-corrected chi connectivity index (χ0v) is 6.48. The second kappa shape index (κ2) is 3.27. The highest BCUT2D eigenvalue weighted by Gasteiger charge is 1.92. The van der Waals surface area contributed by atoms with Crippen LogP contribution < -0.4 is 11.5 Å². The maximum Gasteiger partial charge on any atom is 0.146 e. The number of aromatic nitrogens is 1. The molecule has 0 saturated heterocycles. The highest BCUT2D eigenvalue weighted by Crippen LogP contribution is 2.09. The topological polar surface area (TPSA) is 64.9 Å². The van der Waals surface area contributed by atoms with Gasteiger partial charge in [0, 0.05) is 5.69 Å². The third kappa shape index (κ3) is 1.77. The molecule has 56 valence electrons. The van der Waals surface area contributed by atoms with Crippen LogP contribution in [-0.4, -0.2) is 4.98 Å². The number of hydrogen-bond acceptors (Lipinski definition) is 3. The Bertz CT molecular complexity index is 224. The van der Waals surface area contributed by atoms with Gasteiger partial charge in [0.25, 0.3) is 0 Å². The zero-order valence-electron chi connectivity index (χ0n) is 5.66. The van der Waals surface area contributed by atoms with E-state index in [-0.39, 0.29) is 12.4 Å². The van der Waals surface area contributed by atoms with Crippen molar-refractivity contribution in [1.82, 2.24) is 4.98 Å². The predicted octanol–water partition coefficient (Wildman–Crippen LogP) is 0.976. The molecule has 1 aromatic rings. The molecule has 0 saturated carbocycles. The van der Waals surface area contributed by atoms with E-state index in [4.69, 9.17) is 11.5 Å². The molecule has 0 unspecified atom stereocenters. The number of pyridine rings is 1. The molecule has 3 nitrogen and oxygen atoms in total. The van der Waals surface area contributed by atoms with Crippen LogP contribution in [0.25, 0.3) is 0 Å². The standard InChI is InChI=1S/C6H9N3.ClH/c1-4-2-3-5(7)6(8)9-4;/h2-3H,7H2,1H3,(H2,8,9);1H. The largest absolute Gasteiger partial charge is 0.396 e. The van der Waals surface area contributed by atoms with E-state index in [2.05, 4.69) is 4.98 Å². The molecule has 0 radical (unpaired) electrons. The van der Waals surface area contributed by atoms with E-state index < -0.39 is 0 Å². The number of nitrogens with two attached hydrogens (primary N) is 2. The first-order valence-electron chi connectivity index (χ1n) is 2.69. The fourth-order valence-electron chi connectivity index (χ4n) is 0.588. The average Bonchev–Trinajstić information content (AvgIpc) is 1.80. The van der Waals surface area contributed by atoms with Crippen LogP contribution in [0, 0.1) is 6.92 Å². The molecule has 0 fully saturated rings. The van der Waals surface area contributed by atoms with Gasteiger partial charge in [-0.2, -0.15) is 0 Å². The molecular weight excluding hydrogens is 150 g/mol.